The van der Waals surface area contributed by atoms with Crippen LogP contribution in [0.15, 0.2) is 24.3 Å². The molecule has 5 heteroatoms. The molecule has 0 spiro atoms. The first-order chi connectivity index (χ1) is 10.0. The minimum Gasteiger partial charge on any atom is -0.395 e. The first-order valence-electron chi connectivity index (χ1n) is 7.29. The van der Waals surface area contributed by atoms with Crippen LogP contribution in [0.5, 0.6) is 0 Å². The molecule has 0 fully saturated rings. The van der Waals surface area contributed by atoms with Crippen LogP contribution in [0.4, 0.5) is 11.4 Å². The second-order valence-corrected chi connectivity index (χ2v) is 5.52. The van der Waals surface area contributed by atoms with Crippen molar-refractivity contribution in [3.63, 3.8) is 0 Å². The summed E-state index contributed by atoms with van der Waals surface area (Å²) < 4.78 is 1.70. The fraction of sp³-hybridized carbons (Fsp3) is 0.375. The number of nitrogens with two attached hydrogens (primary N) is 1. The molecular formula is C16H20N4O. The van der Waals surface area contributed by atoms with Gasteiger partial charge in [-0.25, -0.2) is 0 Å². The Hall–Kier alpha value is -2.30. The van der Waals surface area contributed by atoms with Crippen LogP contribution in [0, 0.1) is 6.92 Å². The number of hydrogen-bond donors (Lipinski definition) is 1. The zero-order valence-corrected chi connectivity index (χ0v) is 12.6. The minimum atomic E-state index is -0.0626. The molecule has 1 aliphatic rings. The van der Waals surface area contributed by atoms with Crippen LogP contribution in [-0.4, -0.2) is 21.7 Å². The van der Waals surface area contributed by atoms with Gasteiger partial charge in [0, 0.05) is 18.3 Å². The lowest BCUT2D eigenvalue weighted by Gasteiger charge is -2.23. The van der Waals surface area contributed by atoms with Crippen LogP contribution in [0.3, 0.4) is 0 Å². The summed E-state index contributed by atoms with van der Waals surface area (Å²) in [6.07, 6.45) is 0.876. The Morgan fingerprint density at radius 1 is 1.43 bits per heavy atom. The number of anilines is 2. The maximum atomic E-state index is 13.0. The van der Waals surface area contributed by atoms with Crippen molar-refractivity contribution >= 4 is 17.3 Å². The predicted octanol–water partition coefficient (Wildman–Crippen LogP) is 2.39. The molecule has 2 heterocycles. The Bertz CT molecular complexity index is 704. The topological polar surface area (TPSA) is 64.2 Å². The molecule has 2 N–H and O–H groups in total. The highest BCUT2D eigenvalue weighted by atomic mass is 16.2. The Labute approximate surface area is 124 Å². The van der Waals surface area contributed by atoms with Gasteiger partial charge in [0.1, 0.15) is 5.69 Å². The van der Waals surface area contributed by atoms with Crippen LogP contribution in [-0.2, 0) is 13.0 Å². The van der Waals surface area contributed by atoms with Gasteiger partial charge in [-0.1, -0.05) is 18.2 Å². The van der Waals surface area contributed by atoms with Gasteiger partial charge in [0.2, 0.25) is 0 Å². The number of hydrogen-bond acceptors (Lipinski definition) is 3. The van der Waals surface area contributed by atoms with E-state index in [1.165, 1.54) is 5.56 Å². The molecule has 0 saturated heterocycles. The average molecular weight is 284 g/mol. The summed E-state index contributed by atoms with van der Waals surface area (Å²) in [7, 11) is 0. The van der Waals surface area contributed by atoms with E-state index in [-0.39, 0.29) is 11.9 Å². The molecule has 0 saturated carbocycles. The summed E-state index contributed by atoms with van der Waals surface area (Å²) in [6, 6.07) is 8.17. The van der Waals surface area contributed by atoms with Gasteiger partial charge < -0.3 is 10.6 Å². The van der Waals surface area contributed by atoms with Crippen molar-refractivity contribution in [2.24, 2.45) is 0 Å². The van der Waals surface area contributed by atoms with Crippen molar-refractivity contribution in [1.82, 2.24) is 9.78 Å². The molecule has 1 aromatic heterocycles. The third-order valence-electron chi connectivity index (χ3n) is 4.10. The molecule has 21 heavy (non-hydrogen) atoms. The molecule has 110 valence electrons. The van der Waals surface area contributed by atoms with Crippen LogP contribution >= 0.6 is 0 Å². The second kappa shape index (κ2) is 4.91. The van der Waals surface area contributed by atoms with E-state index in [4.69, 9.17) is 5.73 Å². The lowest BCUT2D eigenvalue weighted by molar-refractivity contribution is 0.0972. The number of rotatable bonds is 2. The maximum absolute atomic E-state index is 13.0. The second-order valence-electron chi connectivity index (χ2n) is 5.52. The fourth-order valence-corrected chi connectivity index (χ4v) is 3.04. The van der Waals surface area contributed by atoms with Crippen molar-refractivity contribution in [2.45, 2.75) is 39.8 Å². The third kappa shape index (κ3) is 2.00. The molecule has 1 aliphatic heterocycles. The molecule has 2 aromatic rings. The predicted molar refractivity (Wildman–Crippen MR) is 83.5 cm³/mol. The SMILES string of the molecule is CCn1nc(C)c(N)c1C(=O)N1c2ccccc2CC1C. The monoisotopic (exact) mass is 284 g/mol. The Kier molecular flexibility index (Phi) is 3.20. The molecule has 1 atom stereocenters. The zero-order valence-electron chi connectivity index (χ0n) is 12.6. The van der Waals surface area contributed by atoms with E-state index < -0.39 is 0 Å². The summed E-state index contributed by atoms with van der Waals surface area (Å²) in [5.41, 5.74) is 9.96. The normalized spacial score (nSPS) is 17.1. The van der Waals surface area contributed by atoms with Gasteiger partial charge >= 0.3 is 0 Å². The Morgan fingerprint density at radius 2 is 2.14 bits per heavy atom. The molecule has 1 amide bonds. The van der Waals surface area contributed by atoms with Crippen molar-refractivity contribution < 1.29 is 4.79 Å². The number of fused-ring (bicyclic) bond motifs is 1. The van der Waals surface area contributed by atoms with E-state index in [0.717, 1.165) is 12.1 Å². The van der Waals surface area contributed by atoms with E-state index in [9.17, 15) is 4.79 Å². The van der Waals surface area contributed by atoms with E-state index in [1.54, 1.807) is 4.68 Å². The highest BCUT2D eigenvalue weighted by Crippen LogP contribution is 2.34. The number of para-hydroxylation sites is 1. The van der Waals surface area contributed by atoms with Gasteiger partial charge in [-0.15, -0.1) is 0 Å². The first kappa shape index (κ1) is 13.7. The lowest BCUT2D eigenvalue weighted by Crippen LogP contribution is -2.37. The first-order valence-corrected chi connectivity index (χ1v) is 7.29. The number of amides is 1. The van der Waals surface area contributed by atoms with Gasteiger partial charge in [0.25, 0.3) is 5.91 Å². The molecule has 5 nitrogen and oxygen atoms in total. The average Bonchev–Trinajstić information content (AvgIpc) is 2.95. The zero-order chi connectivity index (χ0) is 15.1. The summed E-state index contributed by atoms with van der Waals surface area (Å²) >= 11 is 0. The number of aromatic nitrogens is 2. The molecule has 1 unspecified atom stereocenters. The van der Waals surface area contributed by atoms with Crippen LogP contribution in [0.2, 0.25) is 0 Å². The largest absolute Gasteiger partial charge is 0.395 e. The standard InChI is InChI=1S/C16H20N4O/c1-4-19-15(14(17)11(3)18-19)16(21)20-10(2)9-12-7-5-6-8-13(12)20/h5-8,10H,4,9,17H2,1-3H3. The molecule has 0 bridgehead atoms. The summed E-state index contributed by atoms with van der Waals surface area (Å²) in [4.78, 5) is 14.9. The van der Waals surface area contributed by atoms with Gasteiger partial charge in [-0.2, -0.15) is 5.10 Å². The molecular weight excluding hydrogens is 264 g/mol. The van der Waals surface area contributed by atoms with Gasteiger partial charge in [-0.05, 0) is 38.8 Å². The van der Waals surface area contributed by atoms with E-state index in [0.29, 0.717) is 23.6 Å². The summed E-state index contributed by atoms with van der Waals surface area (Å²) in [6.45, 7) is 6.49. The van der Waals surface area contributed by atoms with Crippen molar-refractivity contribution in [3.8, 4) is 0 Å². The third-order valence-corrected chi connectivity index (χ3v) is 4.10. The molecule has 0 radical (unpaired) electrons. The van der Waals surface area contributed by atoms with Crippen LogP contribution in [0.1, 0.15) is 35.6 Å². The van der Waals surface area contributed by atoms with Crippen LogP contribution in [0.25, 0.3) is 0 Å². The number of nitrogen functional groups attached to an aromatic ring is 1. The molecule has 0 aliphatic carbocycles. The number of nitrogens with zero attached hydrogens (tertiary/aromatic N) is 3. The van der Waals surface area contributed by atoms with Gasteiger partial charge in [0.05, 0.1) is 11.4 Å². The summed E-state index contributed by atoms with van der Waals surface area (Å²) in [5.74, 6) is -0.0626. The molecule has 1 aromatic carbocycles. The molecule has 3 rings (SSSR count). The number of carbonyl (C=O) groups is 1. The smallest absolute Gasteiger partial charge is 0.278 e. The van der Waals surface area contributed by atoms with Crippen LogP contribution < -0.4 is 10.6 Å². The maximum Gasteiger partial charge on any atom is 0.278 e. The van der Waals surface area contributed by atoms with E-state index >= 15 is 0 Å². The van der Waals surface area contributed by atoms with E-state index in [2.05, 4.69) is 18.1 Å². The van der Waals surface area contributed by atoms with Gasteiger partial charge in [0.15, 0.2) is 0 Å². The number of benzene rings is 1. The van der Waals surface area contributed by atoms with Gasteiger partial charge in [-0.3, -0.25) is 9.48 Å². The van der Waals surface area contributed by atoms with E-state index in [1.807, 2.05) is 36.9 Å². The lowest BCUT2D eigenvalue weighted by atomic mass is 10.1. The minimum absolute atomic E-state index is 0.0626. The fourth-order valence-electron chi connectivity index (χ4n) is 3.04. The Balaban J connectivity index is 2.08. The summed E-state index contributed by atoms with van der Waals surface area (Å²) in [5, 5.41) is 4.35. The quantitative estimate of drug-likeness (QED) is 0.921. The highest BCUT2D eigenvalue weighted by Gasteiger charge is 2.34. The Morgan fingerprint density at radius 3 is 2.86 bits per heavy atom. The number of carbonyl (C=O) groups excluding carboxylic acids is 1. The van der Waals surface area contributed by atoms with Crippen molar-refractivity contribution in [1.29, 1.82) is 0 Å². The number of aryl methyl sites for hydroxylation is 2. The van der Waals surface area contributed by atoms with Crippen molar-refractivity contribution in [2.75, 3.05) is 10.6 Å². The van der Waals surface area contributed by atoms with Crippen molar-refractivity contribution in [3.05, 3.63) is 41.2 Å². The highest BCUT2D eigenvalue weighted by molar-refractivity contribution is 6.09.